The van der Waals surface area contributed by atoms with Crippen molar-refractivity contribution in [1.29, 1.82) is 0 Å². The van der Waals surface area contributed by atoms with E-state index in [1.54, 1.807) is 4.90 Å². The number of carbonyl (C=O) groups excluding carboxylic acids is 3. The lowest BCUT2D eigenvalue weighted by atomic mass is 9.83. The predicted molar refractivity (Wildman–Crippen MR) is 166 cm³/mol. The highest BCUT2D eigenvalue weighted by Crippen LogP contribution is 2.28. The molecule has 0 radical (unpaired) electrons. The van der Waals surface area contributed by atoms with Crippen molar-refractivity contribution < 1.29 is 19.1 Å². The van der Waals surface area contributed by atoms with Crippen LogP contribution in [0.1, 0.15) is 91.5 Å². The van der Waals surface area contributed by atoms with Crippen LogP contribution in [0.2, 0.25) is 0 Å². The molecule has 1 aromatic carbocycles. The second kappa shape index (κ2) is 13.9. The molecule has 2 aromatic rings. The summed E-state index contributed by atoms with van der Waals surface area (Å²) in [4.78, 5) is 45.4. The minimum absolute atomic E-state index is 0.0569. The monoisotopic (exact) mass is 581 g/mol. The highest BCUT2D eigenvalue weighted by molar-refractivity contribution is 5.89. The number of rotatable bonds is 10. The van der Waals surface area contributed by atoms with E-state index in [0.29, 0.717) is 45.3 Å². The molecule has 2 heterocycles. The Morgan fingerprint density at radius 1 is 1.07 bits per heavy atom. The van der Waals surface area contributed by atoms with Gasteiger partial charge in [-0.25, -0.2) is 4.79 Å². The van der Waals surface area contributed by atoms with E-state index < -0.39 is 17.2 Å². The Balaban J connectivity index is 1.46. The van der Waals surface area contributed by atoms with Gasteiger partial charge in [0.05, 0.1) is 6.04 Å². The van der Waals surface area contributed by atoms with Gasteiger partial charge < -0.3 is 25.3 Å². The van der Waals surface area contributed by atoms with E-state index >= 15 is 0 Å². The maximum absolute atomic E-state index is 14.0. The molecule has 4 N–H and O–H groups in total. The molecule has 2 aliphatic rings. The standard InChI is InChI=1S/C33H51N5O4/c1-23(2)21-28(29(39)34-18-15-24-22-35-27-14-10-9-13-26(24)27)37-33(30(40)36-25-11-7-6-8-12-25)16-19-38(20-17-33)31(41)42-32(3,4)5/h9-10,13-14,22-23,25,28,35,37H,6-8,11-12,15-21H2,1-5H3,(H,34,39)(H,36,40)/t28-/m0/s1. The summed E-state index contributed by atoms with van der Waals surface area (Å²) in [5.41, 5.74) is 0.720. The van der Waals surface area contributed by atoms with E-state index in [-0.39, 0.29) is 29.9 Å². The van der Waals surface area contributed by atoms with Crippen molar-refractivity contribution in [3.63, 3.8) is 0 Å². The SMILES string of the molecule is CC(C)C[C@H](NC1(C(=O)NC2CCCCC2)CCN(C(=O)OC(C)(C)C)CC1)C(=O)NCCc1c[nH]c2ccccc12. The van der Waals surface area contributed by atoms with Gasteiger partial charge in [0.25, 0.3) is 0 Å². The molecule has 42 heavy (non-hydrogen) atoms. The highest BCUT2D eigenvalue weighted by atomic mass is 16.6. The first-order valence-electron chi connectivity index (χ1n) is 15.8. The number of para-hydroxylation sites is 1. The average Bonchev–Trinajstić information content (AvgIpc) is 3.35. The molecule has 0 unspecified atom stereocenters. The van der Waals surface area contributed by atoms with Crippen LogP contribution in [-0.4, -0.2) is 70.6 Å². The van der Waals surface area contributed by atoms with E-state index in [4.69, 9.17) is 4.74 Å². The van der Waals surface area contributed by atoms with Crippen LogP contribution in [0.3, 0.4) is 0 Å². The summed E-state index contributed by atoms with van der Waals surface area (Å²) in [7, 11) is 0. The Labute approximate surface area is 250 Å². The van der Waals surface area contributed by atoms with Gasteiger partial charge in [-0.3, -0.25) is 14.9 Å². The molecule has 3 amide bonds. The molecule has 232 valence electrons. The number of hydrogen-bond donors (Lipinski definition) is 4. The average molecular weight is 582 g/mol. The van der Waals surface area contributed by atoms with Crippen molar-refractivity contribution in [3.8, 4) is 0 Å². The zero-order valence-corrected chi connectivity index (χ0v) is 26.2. The van der Waals surface area contributed by atoms with E-state index in [1.807, 2.05) is 45.2 Å². The lowest BCUT2D eigenvalue weighted by Crippen LogP contribution is -2.67. The van der Waals surface area contributed by atoms with Gasteiger partial charge in [-0.15, -0.1) is 0 Å². The number of fused-ring (bicyclic) bond motifs is 1. The first-order valence-corrected chi connectivity index (χ1v) is 15.8. The summed E-state index contributed by atoms with van der Waals surface area (Å²) in [6.45, 7) is 11.0. The Kier molecular flexibility index (Phi) is 10.6. The van der Waals surface area contributed by atoms with Crippen LogP contribution in [0.4, 0.5) is 4.79 Å². The number of piperidine rings is 1. The number of aromatic amines is 1. The smallest absolute Gasteiger partial charge is 0.410 e. The molecule has 1 aromatic heterocycles. The Bertz CT molecular complexity index is 1200. The van der Waals surface area contributed by atoms with Gasteiger partial charge in [0, 0.05) is 42.8 Å². The zero-order chi connectivity index (χ0) is 30.3. The molecule has 1 atom stereocenters. The summed E-state index contributed by atoms with van der Waals surface area (Å²) >= 11 is 0. The molecular weight excluding hydrogens is 530 g/mol. The van der Waals surface area contributed by atoms with Crippen LogP contribution in [0.5, 0.6) is 0 Å². The molecule has 9 nitrogen and oxygen atoms in total. The third-order valence-electron chi connectivity index (χ3n) is 8.49. The molecule has 1 aliphatic carbocycles. The molecule has 0 spiro atoms. The summed E-state index contributed by atoms with van der Waals surface area (Å²) in [6, 6.07) is 7.79. The lowest BCUT2D eigenvalue weighted by Gasteiger charge is -2.44. The van der Waals surface area contributed by atoms with Gasteiger partial charge in [0.1, 0.15) is 11.1 Å². The molecule has 9 heteroatoms. The largest absolute Gasteiger partial charge is 0.444 e. The normalized spacial score (nSPS) is 18.6. The first-order chi connectivity index (χ1) is 20.0. The summed E-state index contributed by atoms with van der Waals surface area (Å²) in [5.74, 6) is 0.101. The van der Waals surface area contributed by atoms with Crippen LogP contribution in [-0.2, 0) is 20.7 Å². The number of aromatic nitrogens is 1. The molecule has 4 rings (SSSR count). The van der Waals surface area contributed by atoms with Gasteiger partial charge in [-0.05, 0) is 76.8 Å². The van der Waals surface area contributed by atoms with Gasteiger partial charge in [0.2, 0.25) is 11.8 Å². The van der Waals surface area contributed by atoms with Gasteiger partial charge in [-0.2, -0.15) is 0 Å². The number of benzene rings is 1. The number of nitrogens with one attached hydrogen (secondary N) is 4. The van der Waals surface area contributed by atoms with Gasteiger partial charge in [-0.1, -0.05) is 51.3 Å². The van der Waals surface area contributed by atoms with Crippen LogP contribution in [0.15, 0.2) is 30.5 Å². The number of hydrogen-bond acceptors (Lipinski definition) is 5. The van der Waals surface area contributed by atoms with Crippen molar-refractivity contribution in [1.82, 2.24) is 25.8 Å². The molecular formula is C33H51N5O4. The number of H-pyrrole nitrogens is 1. The third-order valence-corrected chi connectivity index (χ3v) is 8.49. The van der Waals surface area contributed by atoms with Gasteiger partial charge >= 0.3 is 6.09 Å². The fourth-order valence-corrected chi connectivity index (χ4v) is 6.22. The Morgan fingerprint density at radius 2 is 1.76 bits per heavy atom. The van der Waals surface area contributed by atoms with E-state index in [0.717, 1.165) is 36.8 Å². The Morgan fingerprint density at radius 3 is 2.43 bits per heavy atom. The lowest BCUT2D eigenvalue weighted by molar-refractivity contribution is -0.133. The maximum atomic E-state index is 14.0. The van der Waals surface area contributed by atoms with E-state index in [9.17, 15) is 14.4 Å². The van der Waals surface area contributed by atoms with Crippen molar-refractivity contribution in [2.75, 3.05) is 19.6 Å². The summed E-state index contributed by atoms with van der Waals surface area (Å²) in [6.07, 6.45) is 9.20. The summed E-state index contributed by atoms with van der Waals surface area (Å²) in [5, 5.41) is 11.2. The minimum Gasteiger partial charge on any atom is -0.444 e. The molecule has 1 saturated carbocycles. The first kappa shape index (κ1) is 31.9. The van der Waals surface area contributed by atoms with Crippen LogP contribution >= 0.6 is 0 Å². The van der Waals surface area contributed by atoms with Gasteiger partial charge in [0.15, 0.2) is 0 Å². The fourth-order valence-electron chi connectivity index (χ4n) is 6.22. The van der Waals surface area contributed by atoms with Crippen LogP contribution < -0.4 is 16.0 Å². The molecule has 1 aliphatic heterocycles. The van der Waals surface area contributed by atoms with Crippen molar-refractivity contribution in [3.05, 3.63) is 36.0 Å². The van der Waals surface area contributed by atoms with Crippen LogP contribution in [0, 0.1) is 5.92 Å². The van der Waals surface area contributed by atoms with Crippen molar-refractivity contribution in [2.24, 2.45) is 5.92 Å². The Hall–Kier alpha value is -3.07. The molecule has 1 saturated heterocycles. The fraction of sp³-hybridized carbons (Fsp3) is 0.667. The molecule has 0 bridgehead atoms. The quantitative estimate of drug-likeness (QED) is 0.314. The van der Waals surface area contributed by atoms with Crippen molar-refractivity contribution in [2.45, 2.75) is 116 Å². The molecule has 2 fully saturated rings. The second-order valence-electron chi connectivity index (χ2n) is 13.6. The number of amides is 3. The number of carbonyl (C=O) groups is 3. The predicted octanol–water partition coefficient (Wildman–Crippen LogP) is 5.05. The van der Waals surface area contributed by atoms with Crippen molar-refractivity contribution >= 4 is 28.8 Å². The highest BCUT2D eigenvalue weighted by Gasteiger charge is 2.45. The second-order valence-corrected chi connectivity index (χ2v) is 13.6. The number of likely N-dealkylation sites (tertiary alicyclic amines) is 1. The topological polar surface area (TPSA) is 116 Å². The summed E-state index contributed by atoms with van der Waals surface area (Å²) < 4.78 is 5.60. The van der Waals surface area contributed by atoms with E-state index in [1.165, 1.54) is 11.8 Å². The van der Waals surface area contributed by atoms with E-state index in [2.05, 4.69) is 40.8 Å². The van der Waals surface area contributed by atoms with Crippen LogP contribution in [0.25, 0.3) is 10.9 Å². The third kappa shape index (κ3) is 8.49. The number of ether oxygens (including phenoxy) is 1. The minimum atomic E-state index is -0.941. The number of nitrogens with zero attached hydrogens (tertiary/aromatic N) is 1. The maximum Gasteiger partial charge on any atom is 0.410 e. The zero-order valence-electron chi connectivity index (χ0n) is 26.2.